The standard InChI is InChI=1S/C14H19NO3/c1-2-17-14(16)13(12-9-6-10-18-12)15-11-7-4-3-5-8-11/h3-5,7-8,12-13,15H,2,6,9-10H2,1H3/t12?,13-/m0/s1. The summed E-state index contributed by atoms with van der Waals surface area (Å²) in [6, 6.07) is 9.24. The first-order valence-electron chi connectivity index (χ1n) is 6.41. The second kappa shape index (κ2) is 6.40. The van der Waals surface area contributed by atoms with E-state index in [0.717, 1.165) is 25.1 Å². The van der Waals surface area contributed by atoms with Gasteiger partial charge in [0.05, 0.1) is 12.7 Å². The van der Waals surface area contributed by atoms with E-state index in [4.69, 9.17) is 9.47 Å². The van der Waals surface area contributed by atoms with Crippen molar-refractivity contribution in [3.63, 3.8) is 0 Å². The van der Waals surface area contributed by atoms with Gasteiger partial charge < -0.3 is 14.8 Å². The summed E-state index contributed by atoms with van der Waals surface area (Å²) >= 11 is 0. The second-order valence-corrected chi connectivity index (χ2v) is 4.29. The summed E-state index contributed by atoms with van der Waals surface area (Å²) in [6.07, 6.45) is 1.80. The second-order valence-electron chi connectivity index (χ2n) is 4.29. The summed E-state index contributed by atoms with van der Waals surface area (Å²) in [4.78, 5) is 12.0. The summed E-state index contributed by atoms with van der Waals surface area (Å²) < 4.78 is 10.7. The number of para-hydroxylation sites is 1. The van der Waals surface area contributed by atoms with E-state index < -0.39 is 6.04 Å². The molecule has 1 aliphatic heterocycles. The molecule has 18 heavy (non-hydrogen) atoms. The Hall–Kier alpha value is -1.55. The fourth-order valence-electron chi connectivity index (χ4n) is 2.12. The van der Waals surface area contributed by atoms with Gasteiger partial charge in [-0.2, -0.15) is 0 Å². The maximum atomic E-state index is 12.0. The smallest absolute Gasteiger partial charge is 0.331 e. The molecule has 0 spiro atoms. The molecule has 1 fully saturated rings. The van der Waals surface area contributed by atoms with Gasteiger partial charge >= 0.3 is 5.97 Å². The Bertz CT molecular complexity index is 374. The van der Waals surface area contributed by atoms with Crippen molar-refractivity contribution >= 4 is 11.7 Å². The normalized spacial score (nSPS) is 20.4. The van der Waals surface area contributed by atoms with Gasteiger partial charge in [-0.15, -0.1) is 0 Å². The number of esters is 1. The number of carbonyl (C=O) groups is 1. The van der Waals surface area contributed by atoms with Crippen molar-refractivity contribution in [2.24, 2.45) is 0 Å². The Labute approximate surface area is 107 Å². The van der Waals surface area contributed by atoms with Crippen LogP contribution in [-0.4, -0.2) is 31.3 Å². The Kier molecular flexibility index (Phi) is 4.59. The molecule has 4 nitrogen and oxygen atoms in total. The molecule has 2 atom stereocenters. The lowest BCUT2D eigenvalue weighted by Crippen LogP contribution is -2.41. The Balaban J connectivity index is 2.06. The van der Waals surface area contributed by atoms with E-state index in [2.05, 4.69) is 5.32 Å². The van der Waals surface area contributed by atoms with Gasteiger partial charge in [0.15, 0.2) is 6.04 Å². The largest absolute Gasteiger partial charge is 0.464 e. The van der Waals surface area contributed by atoms with Crippen LogP contribution >= 0.6 is 0 Å². The molecule has 1 N–H and O–H groups in total. The molecule has 4 heteroatoms. The van der Waals surface area contributed by atoms with Gasteiger partial charge in [0.25, 0.3) is 0 Å². The van der Waals surface area contributed by atoms with Gasteiger partial charge in [-0.1, -0.05) is 18.2 Å². The first-order chi connectivity index (χ1) is 8.81. The molecule has 0 aliphatic carbocycles. The van der Waals surface area contributed by atoms with Crippen LogP contribution < -0.4 is 5.32 Å². The number of benzene rings is 1. The van der Waals surface area contributed by atoms with Crippen LogP contribution in [0.2, 0.25) is 0 Å². The minimum atomic E-state index is -0.421. The number of nitrogens with one attached hydrogen (secondary N) is 1. The molecule has 98 valence electrons. The van der Waals surface area contributed by atoms with Crippen molar-refractivity contribution < 1.29 is 14.3 Å². The number of carbonyl (C=O) groups excluding carboxylic acids is 1. The predicted octanol–water partition coefficient (Wildman–Crippen LogP) is 2.21. The predicted molar refractivity (Wildman–Crippen MR) is 69.5 cm³/mol. The Morgan fingerprint density at radius 2 is 2.28 bits per heavy atom. The molecule has 1 aliphatic rings. The molecule has 1 aromatic carbocycles. The highest BCUT2D eigenvalue weighted by molar-refractivity contribution is 5.80. The molecule has 0 aromatic heterocycles. The number of rotatable bonds is 5. The molecule has 1 saturated heterocycles. The van der Waals surface area contributed by atoms with Gasteiger partial charge in [0.1, 0.15) is 0 Å². The molecule has 2 rings (SSSR count). The Morgan fingerprint density at radius 1 is 1.50 bits per heavy atom. The fraction of sp³-hybridized carbons (Fsp3) is 0.500. The Morgan fingerprint density at radius 3 is 2.89 bits per heavy atom. The average molecular weight is 249 g/mol. The summed E-state index contributed by atoms with van der Waals surface area (Å²) in [5.74, 6) is -0.242. The van der Waals surface area contributed by atoms with E-state index in [1.54, 1.807) is 0 Å². The molecule has 1 heterocycles. The van der Waals surface area contributed by atoms with Crippen LogP contribution in [-0.2, 0) is 14.3 Å². The summed E-state index contributed by atoms with van der Waals surface area (Å²) in [5, 5.41) is 3.21. The van der Waals surface area contributed by atoms with Gasteiger partial charge in [-0.3, -0.25) is 0 Å². The molecule has 0 saturated carbocycles. The minimum Gasteiger partial charge on any atom is -0.464 e. The van der Waals surface area contributed by atoms with Crippen molar-refractivity contribution in [3.8, 4) is 0 Å². The lowest BCUT2D eigenvalue weighted by atomic mass is 10.1. The van der Waals surface area contributed by atoms with E-state index in [-0.39, 0.29) is 12.1 Å². The van der Waals surface area contributed by atoms with Crippen molar-refractivity contribution in [1.29, 1.82) is 0 Å². The van der Waals surface area contributed by atoms with Gasteiger partial charge in [0, 0.05) is 12.3 Å². The van der Waals surface area contributed by atoms with E-state index in [9.17, 15) is 4.79 Å². The van der Waals surface area contributed by atoms with Crippen LogP contribution in [0, 0.1) is 0 Å². The van der Waals surface area contributed by atoms with E-state index in [0.29, 0.717) is 6.61 Å². The zero-order valence-corrected chi connectivity index (χ0v) is 10.6. The van der Waals surface area contributed by atoms with E-state index >= 15 is 0 Å². The van der Waals surface area contributed by atoms with E-state index in [1.165, 1.54) is 0 Å². The van der Waals surface area contributed by atoms with Crippen molar-refractivity contribution in [1.82, 2.24) is 0 Å². The average Bonchev–Trinajstić information content (AvgIpc) is 2.91. The van der Waals surface area contributed by atoms with Gasteiger partial charge in [0.2, 0.25) is 0 Å². The lowest BCUT2D eigenvalue weighted by molar-refractivity contribution is -0.146. The molecule has 0 radical (unpaired) electrons. The van der Waals surface area contributed by atoms with Crippen LogP contribution in [0.15, 0.2) is 30.3 Å². The first-order valence-corrected chi connectivity index (χ1v) is 6.41. The monoisotopic (exact) mass is 249 g/mol. The van der Waals surface area contributed by atoms with Crippen molar-refractivity contribution in [2.75, 3.05) is 18.5 Å². The molecule has 0 bridgehead atoms. The van der Waals surface area contributed by atoms with Gasteiger partial charge in [-0.05, 0) is 31.9 Å². The SMILES string of the molecule is CCOC(=O)[C@@H](Nc1ccccc1)C1CCCO1. The maximum absolute atomic E-state index is 12.0. The number of anilines is 1. The third-order valence-corrected chi connectivity index (χ3v) is 2.97. The highest BCUT2D eigenvalue weighted by Crippen LogP contribution is 2.20. The number of ether oxygens (including phenoxy) is 2. The third kappa shape index (κ3) is 3.23. The number of hydrogen-bond acceptors (Lipinski definition) is 4. The molecule has 1 aromatic rings. The summed E-state index contributed by atoms with van der Waals surface area (Å²) in [5.41, 5.74) is 0.908. The molecule has 1 unspecified atom stereocenters. The van der Waals surface area contributed by atoms with Crippen LogP contribution in [0.5, 0.6) is 0 Å². The van der Waals surface area contributed by atoms with Crippen LogP contribution in [0.3, 0.4) is 0 Å². The van der Waals surface area contributed by atoms with Crippen LogP contribution in [0.25, 0.3) is 0 Å². The highest BCUT2D eigenvalue weighted by atomic mass is 16.5. The molecular formula is C14H19NO3. The van der Waals surface area contributed by atoms with Crippen molar-refractivity contribution in [3.05, 3.63) is 30.3 Å². The first kappa shape index (κ1) is 12.9. The molecular weight excluding hydrogens is 230 g/mol. The topological polar surface area (TPSA) is 47.6 Å². The summed E-state index contributed by atoms with van der Waals surface area (Å²) in [7, 11) is 0. The minimum absolute atomic E-state index is 0.0933. The van der Waals surface area contributed by atoms with Crippen LogP contribution in [0.4, 0.5) is 5.69 Å². The van der Waals surface area contributed by atoms with Gasteiger partial charge in [-0.25, -0.2) is 4.79 Å². The number of hydrogen-bond donors (Lipinski definition) is 1. The zero-order chi connectivity index (χ0) is 12.8. The maximum Gasteiger partial charge on any atom is 0.331 e. The van der Waals surface area contributed by atoms with Crippen molar-refractivity contribution in [2.45, 2.75) is 31.9 Å². The summed E-state index contributed by atoms with van der Waals surface area (Å²) in [6.45, 7) is 2.92. The zero-order valence-electron chi connectivity index (χ0n) is 10.6. The fourth-order valence-corrected chi connectivity index (χ4v) is 2.12. The van der Waals surface area contributed by atoms with E-state index in [1.807, 2.05) is 37.3 Å². The lowest BCUT2D eigenvalue weighted by Gasteiger charge is -2.23. The third-order valence-electron chi connectivity index (χ3n) is 2.97. The van der Waals surface area contributed by atoms with Crippen LogP contribution in [0.1, 0.15) is 19.8 Å². The molecule has 0 amide bonds. The highest BCUT2D eigenvalue weighted by Gasteiger charge is 2.32. The quantitative estimate of drug-likeness (QED) is 0.813.